The smallest absolute Gasteiger partial charge is 0 e. The molecule has 0 fully saturated rings. The van der Waals surface area contributed by atoms with E-state index in [1.807, 2.05) is 0 Å². The van der Waals surface area contributed by atoms with Crippen LogP contribution in [0.4, 0.5) is 16.9 Å². The van der Waals surface area contributed by atoms with Crippen molar-refractivity contribution in [3.8, 4) is 0 Å². The van der Waals surface area contributed by atoms with Gasteiger partial charge in [0.2, 0.25) is 0 Å². The second kappa shape index (κ2) is 1.48. The van der Waals surface area contributed by atoms with Gasteiger partial charge >= 0.3 is 37.8 Å². The number of hydrogen-bond donors (Lipinski definition) is 0. The average Bonchev–Trinajstić information content (AvgIpc) is 0.592. The van der Waals surface area contributed by atoms with Crippen molar-refractivity contribution in [2.75, 3.05) is 0 Å². The van der Waals surface area contributed by atoms with Gasteiger partial charge in [-0.3, -0.25) is 0 Å². The Balaban J connectivity index is -0.000000180. The molecular weight excluding hydrogens is 294 g/mol. The molecule has 0 unspecified atom stereocenters. The first kappa shape index (κ1) is 11.7. The van der Waals surface area contributed by atoms with Gasteiger partial charge in [-0.1, -0.05) is 0 Å². The minimum Gasteiger partial charge on any atom is 0 e. The fourth-order valence-electron chi connectivity index (χ4n) is 0. The zero-order chi connectivity index (χ0) is 6.41. The van der Waals surface area contributed by atoms with Gasteiger partial charge in [0.15, 0.2) is 0 Å². The van der Waals surface area contributed by atoms with E-state index < -0.39 is 19.5 Å². The van der Waals surface area contributed by atoms with Crippen molar-refractivity contribution < 1.29 is 34.8 Å². The Morgan fingerprint density at radius 3 is 0.750 bits per heavy atom. The van der Waals surface area contributed by atoms with E-state index in [-0.39, 0.29) is 17.9 Å². The summed E-state index contributed by atoms with van der Waals surface area (Å²) in [4.78, 5) is 0. The maximum absolute atomic E-state index is 11.2. The topological polar surface area (TPSA) is 0 Å². The Bertz CT molecular complexity index is 71.6. The van der Waals surface area contributed by atoms with Gasteiger partial charge in [-0.2, -0.15) is 0 Å². The second-order valence-electron chi connectivity index (χ2n) is 0.958. The van der Waals surface area contributed by atoms with Crippen LogP contribution in [0.1, 0.15) is 1.43 Å². The molecule has 0 aromatic heterocycles. The Hall–Kier alpha value is 0.892. The van der Waals surface area contributed by atoms with Crippen LogP contribution in [0.2, 0.25) is 0 Å². The SMILES string of the molecule is [F][Sb-]([F])([F])([F])([F])[F].[H+].[Ni]. The maximum atomic E-state index is 9.93. The van der Waals surface area contributed by atoms with Gasteiger partial charge < -0.3 is 0 Å². The molecule has 0 amide bonds. The molecule has 0 aliphatic rings. The van der Waals surface area contributed by atoms with Crippen LogP contribution in [0, 0.1) is 0 Å². The van der Waals surface area contributed by atoms with Crippen molar-refractivity contribution in [1.82, 2.24) is 0 Å². The van der Waals surface area contributed by atoms with Gasteiger partial charge in [-0.15, -0.1) is 0 Å². The molecular formula is HF6NiSb. The molecule has 0 saturated carbocycles. The Kier molecular flexibility index (Phi) is 2.16. The molecule has 0 saturated heterocycles. The van der Waals surface area contributed by atoms with E-state index in [9.17, 15) is 16.9 Å². The maximum Gasteiger partial charge on any atom is 1.00 e. The van der Waals surface area contributed by atoms with Gasteiger partial charge in [0.05, 0.1) is 0 Å². The summed E-state index contributed by atoms with van der Waals surface area (Å²) in [5, 5.41) is 0. The van der Waals surface area contributed by atoms with Gasteiger partial charge in [-0.25, -0.2) is 0 Å². The van der Waals surface area contributed by atoms with E-state index in [1.54, 1.807) is 0 Å². The molecule has 0 aliphatic carbocycles. The monoisotopic (exact) mass is 294 g/mol. The molecule has 0 aromatic carbocycles. The standard InChI is InChI=1S/6FH.Ni.Sb/h6*1H;;/q;;;;;;;+5/p-5. The summed E-state index contributed by atoms with van der Waals surface area (Å²) in [5.41, 5.74) is 0. The largest absolute Gasteiger partial charge is 1.00 e. The molecule has 8 heteroatoms. The van der Waals surface area contributed by atoms with Crippen molar-refractivity contribution in [3.05, 3.63) is 0 Å². The molecule has 8 heavy (non-hydrogen) atoms. The normalized spacial score (nSPS) is 20.2. The van der Waals surface area contributed by atoms with E-state index in [4.69, 9.17) is 0 Å². The van der Waals surface area contributed by atoms with Crippen molar-refractivity contribution in [2.24, 2.45) is 0 Å². The van der Waals surface area contributed by atoms with E-state index >= 15 is 0 Å². The van der Waals surface area contributed by atoms with E-state index in [1.165, 1.54) is 0 Å². The van der Waals surface area contributed by atoms with Crippen LogP contribution >= 0.6 is 0 Å². The molecule has 0 aliphatic heterocycles. The van der Waals surface area contributed by atoms with Crippen molar-refractivity contribution in [1.29, 1.82) is 0 Å². The quantitative estimate of drug-likeness (QED) is 0.475. The molecule has 0 heterocycles. The summed E-state index contributed by atoms with van der Waals surface area (Å²) < 4.78 is 59.6. The van der Waals surface area contributed by atoms with Crippen LogP contribution in [0.5, 0.6) is 0 Å². The van der Waals surface area contributed by atoms with Crippen LogP contribution in [-0.2, 0) is 16.5 Å². The van der Waals surface area contributed by atoms with Crippen LogP contribution in [0.15, 0.2) is 0 Å². The predicted molar refractivity (Wildman–Crippen MR) is 13.5 cm³/mol. The molecule has 0 spiro atoms. The predicted octanol–water partition coefficient (Wildman–Crippen LogP) is 2.25. The zero-order valence-electron chi connectivity index (χ0n) is 4.03. The molecule has 0 bridgehead atoms. The molecule has 0 radical (unpaired) electrons. The van der Waals surface area contributed by atoms with E-state index in [2.05, 4.69) is 0 Å². The minimum absolute atomic E-state index is 0. The fourth-order valence-corrected chi connectivity index (χ4v) is 0. The van der Waals surface area contributed by atoms with Crippen molar-refractivity contribution in [2.45, 2.75) is 0 Å². The number of hydrogen-bond acceptors (Lipinski definition) is 0. The second-order valence-corrected chi connectivity index (χ2v) is 6.43. The molecule has 0 nitrogen and oxygen atoms in total. The van der Waals surface area contributed by atoms with Gasteiger partial charge in [0.25, 0.3) is 0 Å². The van der Waals surface area contributed by atoms with Crippen LogP contribution in [-0.4, -0.2) is 19.5 Å². The average molecular weight is 295 g/mol. The molecule has 0 rings (SSSR count). The summed E-state index contributed by atoms with van der Waals surface area (Å²) in [7, 11) is 0. The fraction of sp³-hybridized carbons (Fsp3) is 0. The van der Waals surface area contributed by atoms with Gasteiger partial charge in [-0.05, 0) is 0 Å². The summed E-state index contributed by atoms with van der Waals surface area (Å²) in [6.07, 6.45) is 0. The third kappa shape index (κ3) is 301. The van der Waals surface area contributed by atoms with Crippen molar-refractivity contribution >= 4 is 19.5 Å². The van der Waals surface area contributed by atoms with Crippen LogP contribution in [0.25, 0.3) is 0 Å². The molecule has 0 atom stereocenters. The van der Waals surface area contributed by atoms with Gasteiger partial charge in [0, 0.05) is 16.5 Å². The number of rotatable bonds is 0. The summed E-state index contributed by atoms with van der Waals surface area (Å²) in [5.74, 6) is 0. The third-order valence-electron chi connectivity index (χ3n) is 0. The Morgan fingerprint density at radius 2 is 0.750 bits per heavy atom. The number of halogens is 6. The van der Waals surface area contributed by atoms with E-state index in [0.717, 1.165) is 0 Å². The first-order chi connectivity index (χ1) is 2.45. The zero-order valence-corrected chi connectivity index (χ0v) is 6.57. The first-order valence-electron chi connectivity index (χ1n) is 1.01. The van der Waals surface area contributed by atoms with E-state index in [0.29, 0.717) is 0 Å². The van der Waals surface area contributed by atoms with Gasteiger partial charge in [0.1, 0.15) is 0 Å². The van der Waals surface area contributed by atoms with Crippen LogP contribution in [0.3, 0.4) is 0 Å². The van der Waals surface area contributed by atoms with Crippen LogP contribution < -0.4 is 0 Å². The molecule has 0 aromatic rings. The minimum atomic E-state index is -11.2. The molecule has 0 N–H and O–H groups in total. The summed E-state index contributed by atoms with van der Waals surface area (Å²) >= 11 is -11.2. The Morgan fingerprint density at radius 1 is 0.750 bits per heavy atom. The summed E-state index contributed by atoms with van der Waals surface area (Å²) in [6, 6.07) is 0. The third-order valence-corrected chi connectivity index (χ3v) is 0. The Labute approximate surface area is 54.5 Å². The van der Waals surface area contributed by atoms with Crippen molar-refractivity contribution in [3.63, 3.8) is 0 Å². The summed E-state index contributed by atoms with van der Waals surface area (Å²) in [6.45, 7) is 0. The first-order valence-corrected chi connectivity index (χ1v) is 6.80. The molecule has 58 valence electrons.